The monoisotopic (exact) mass is 615 g/mol. The Balaban J connectivity index is 1.51. The molecule has 3 N–H and O–H groups in total. The Hall–Kier alpha value is -3.85. The lowest BCUT2D eigenvalue weighted by atomic mass is 9.93. The summed E-state index contributed by atoms with van der Waals surface area (Å²) in [6, 6.07) is 8.95. The van der Waals surface area contributed by atoms with Crippen LogP contribution < -0.4 is 15.4 Å². The van der Waals surface area contributed by atoms with Crippen molar-refractivity contribution in [2.24, 2.45) is 5.14 Å². The lowest BCUT2D eigenvalue weighted by Gasteiger charge is -2.29. The largest absolute Gasteiger partial charge is 0.369 e. The van der Waals surface area contributed by atoms with Gasteiger partial charge >= 0.3 is 0 Å². The molecule has 14 heteroatoms. The number of alkyl halides is 2. The highest BCUT2D eigenvalue weighted by molar-refractivity contribution is 7.86. The minimum Gasteiger partial charge on any atom is -0.369 e. The highest BCUT2D eigenvalue weighted by Crippen LogP contribution is 2.42. The molecule has 226 valence electrons. The van der Waals surface area contributed by atoms with Crippen molar-refractivity contribution < 1.29 is 26.0 Å². The minimum atomic E-state index is -4.22. The van der Waals surface area contributed by atoms with Gasteiger partial charge in [-0.1, -0.05) is 0 Å². The smallest absolute Gasteiger partial charge is 0.277 e. The van der Waals surface area contributed by atoms with Crippen LogP contribution in [0.15, 0.2) is 61.1 Å². The van der Waals surface area contributed by atoms with Gasteiger partial charge in [-0.3, -0.25) is 4.98 Å². The van der Waals surface area contributed by atoms with E-state index in [2.05, 4.69) is 20.3 Å². The number of nitrogens with one attached hydrogen (secondary N) is 1. The van der Waals surface area contributed by atoms with Crippen molar-refractivity contribution in [2.75, 3.05) is 37.6 Å². The van der Waals surface area contributed by atoms with Crippen LogP contribution in [0.1, 0.15) is 36.4 Å². The van der Waals surface area contributed by atoms with E-state index < -0.39 is 39.9 Å². The van der Waals surface area contributed by atoms with Crippen LogP contribution in [0.2, 0.25) is 0 Å². The first-order valence-electron chi connectivity index (χ1n) is 13.8. The summed E-state index contributed by atoms with van der Waals surface area (Å²) in [5, 5.41) is 13.2. The summed E-state index contributed by atoms with van der Waals surface area (Å²) in [6.07, 6.45) is 2.01. The molecule has 2 aromatic carbocycles. The van der Waals surface area contributed by atoms with Crippen LogP contribution in [-0.2, 0) is 10.2 Å². The predicted octanol–water partition coefficient (Wildman–Crippen LogP) is 4.57. The lowest BCUT2D eigenvalue weighted by Crippen LogP contribution is -2.43. The van der Waals surface area contributed by atoms with Crippen molar-refractivity contribution in [1.82, 2.24) is 24.4 Å². The molecule has 0 spiro atoms. The molecule has 43 heavy (non-hydrogen) atoms. The highest BCUT2D eigenvalue weighted by atomic mass is 32.2. The molecule has 2 fully saturated rings. The zero-order valence-electron chi connectivity index (χ0n) is 22.9. The third-order valence-electron chi connectivity index (χ3n) is 7.88. The lowest BCUT2D eigenvalue weighted by molar-refractivity contribution is 0.151. The Morgan fingerprint density at radius 1 is 0.977 bits per heavy atom. The van der Waals surface area contributed by atoms with Crippen molar-refractivity contribution >= 4 is 15.9 Å². The van der Waals surface area contributed by atoms with Gasteiger partial charge < -0.3 is 10.2 Å². The van der Waals surface area contributed by atoms with Gasteiger partial charge in [0.1, 0.15) is 17.2 Å². The average molecular weight is 616 g/mol. The molecule has 0 radical (unpaired) electrons. The molecule has 4 aromatic rings. The van der Waals surface area contributed by atoms with Gasteiger partial charge in [0.2, 0.25) is 0 Å². The van der Waals surface area contributed by atoms with E-state index in [4.69, 9.17) is 5.14 Å². The number of aromatic nitrogens is 3. The van der Waals surface area contributed by atoms with E-state index in [9.17, 15) is 17.2 Å². The number of benzene rings is 2. The number of anilines is 1. The second kappa shape index (κ2) is 11.7. The molecular weight excluding hydrogens is 586 g/mol. The van der Waals surface area contributed by atoms with Gasteiger partial charge in [0, 0.05) is 84.8 Å². The average Bonchev–Trinajstić information content (AvgIpc) is 3.66. The summed E-state index contributed by atoms with van der Waals surface area (Å²) in [5.74, 6) is -1.45. The van der Waals surface area contributed by atoms with E-state index in [1.165, 1.54) is 29.3 Å². The van der Waals surface area contributed by atoms with E-state index in [0.29, 0.717) is 17.7 Å². The van der Waals surface area contributed by atoms with Gasteiger partial charge in [0.15, 0.2) is 5.82 Å². The van der Waals surface area contributed by atoms with Crippen molar-refractivity contribution in [3.05, 3.63) is 83.8 Å². The molecule has 1 atom stereocenters. The fourth-order valence-corrected chi connectivity index (χ4v) is 6.77. The summed E-state index contributed by atoms with van der Waals surface area (Å²) in [7, 11) is -4.22. The normalized spacial score (nSPS) is 18.1. The summed E-state index contributed by atoms with van der Waals surface area (Å²) >= 11 is 0. The highest BCUT2D eigenvalue weighted by Gasteiger charge is 2.36. The number of nitrogens with zero attached hydrogens (tertiary/aromatic N) is 5. The third kappa shape index (κ3) is 5.75. The Bertz CT molecular complexity index is 1750. The van der Waals surface area contributed by atoms with E-state index in [1.807, 2.05) is 0 Å². The Labute approximate surface area is 246 Å². The van der Waals surface area contributed by atoms with E-state index in [-0.39, 0.29) is 41.0 Å². The summed E-state index contributed by atoms with van der Waals surface area (Å²) in [5.41, 5.74) is 0.703. The van der Waals surface area contributed by atoms with Crippen LogP contribution in [0.25, 0.3) is 28.1 Å². The summed E-state index contributed by atoms with van der Waals surface area (Å²) in [4.78, 5) is 6.06. The maximum atomic E-state index is 16.4. The molecule has 0 bridgehead atoms. The molecule has 4 heterocycles. The molecule has 1 unspecified atom stereocenters. The first-order chi connectivity index (χ1) is 20.6. The van der Waals surface area contributed by atoms with Gasteiger partial charge in [-0.2, -0.15) is 17.8 Å². The first-order valence-corrected chi connectivity index (χ1v) is 15.3. The fraction of sp³-hybridized carbons (Fsp3) is 0.310. The molecule has 2 aliphatic rings. The maximum Gasteiger partial charge on any atom is 0.277 e. The predicted molar refractivity (Wildman–Crippen MR) is 154 cm³/mol. The molecule has 2 aromatic heterocycles. The number of hydrogen-bond donors (Lipinski definition) is 2. The van der Waals surface area contributed by atoms with E-state index in [0.717, 1.165) is 42.6 Å². The van der Waals surface area contributed by atoms with Crippen LogP contribution in [0.3, 0.4) is 0 Å². The molecule has 0 saturated carbocycles. The number of hydrogen-bond acceptors (Lipinski definition) is 6. The molecule has 9 nitrogen and oxygen atoms in total. The first kappa shape index (κ1) is 29.2. The SMILES string of the molecule is NS(=O)(=O)N1CCCC1c1cc(C(F)F)cc(-c2cn(-c3ccc(N4CCNCC4)cc3F)nc2-c2ccncc2)c1F. The topological polar surface area (TPSA) is 109 Å². The van der Waals surface area contributed by atoms with Crippen LogP contribution in [-0.4, -0.2) is 60.2 Å². The quantitative estimate of drug-likeness (QED) is 0.295. The van der Waals surface area contributed by atoms with E-state index in [1.54, 1.807) is 24.3 Å². The van der Waals surface area contributed by atoms with Crippen LogP contribution >= 0.6 is 0 Å². The van der Waals surface area contributed by atoms with Crippen LogP contribution in [0.4, 0.5) is 23.2 Å². The van der Waals surface area contributed by atoms with Crippen molar-refractivity contribution in [1.29, 1.82) is 0 Å². The fourth-order valence-electron chi connectivity index (χ4n) is 5.81. The van der Waals surface area contributed by atoms with E-state index >= 15 is 8.78 Å². The number of nitrogens with two attached hydrogens (primary N) is 1. The zero-order valence-corrected chi connectivity index (χ0v) is 23.7. The van der Waals surface area contributed by atoms with Crippen LogP contribution in [0, 0.1) is 11.6 Å². The molecule has 6 rings (SSSR count). The third-order valence-corrected chi connectivity index (χ3v) is 8.97. The molecular formula is C29H29F4N7O2S. The van der Waals surface area contributed by atoms with Crippen LogP contribution in [0.5, 0.6) is 0 Å². The number of piperazine rings is 1. The van der Waals surface area contributed by atoms with Gasteiger partial charge in [0.05, 0.1) is 6.04 Å². The molecule has 0 aliphatic carbocycles. The number of halogens is 4. The van der Waals surface area contributed by atoms with Gasteiger partial charge in [0.25, 0.3) is 16.6 Å². The molecule has 2 saturated heterocycles. The van der Waals surface area contributed by atoms with Gasteiger partial charge in [-0.25, -0.2) is 27.4 Å². The minimum absolute atomic E-state index is 0.0423. The Morgan fingerprint density at radius 2 is 1.72 bits per heavy atom. The summed E-state index contributed by atoms with van der Waals surface area (Å²) in [6.45, 7) is 3.05. The van der Waals surface area contributed by atoms with Crippen molar-refractivity contribution in [2.45, 2.75) is 25.3 Å². The standard InChI is InChI=1S/C29H29F4N7O2S/c30-24-16-20(38-12-9-36-10-13-38)3-4-26(24)39-17-23(28(37-39)18-5-7-35-8-6-18)21-14-19(29(32)33)15-22(27(21)31)25-2-1-11-40(25)43(34,41)42/h3-8,14-17,25,29,36H,1-2,9-13H2,(H2,34,41,42). The Kier molecular flexibility index (Phi) is 7.94. The van der Waals surface area contributed by atoms with Crippen molar-refractivity contribution in [3.63, 3.8) is 0 Å². The van der Waals surface area contributed by atoms with Gasteiger partial charge in [-0.15, -0.1) is 0 Å². The van der Waals surface area contributed by atoms with Crippen molar-refractivity contribution in [3.8, 4) is 28.1 Å². The zero-order chi connectivity index (χ0) is 30.3. The Morgan fingerprint density at radius 3 is 2.40 bits per heavy atom. The number of pyridine rings is 1. The second-order valence-electron chi connectivity index (χ2n) is 10.5. The molecule has 0 amide bonds. The summed E-state index contributed by atoms with van der Waals surface area (Å²) < 4.78 is 86.9. The van der Waals surface area contributed by atoms with Gasteiger partial charge in [-0.05, 0) is 55.3 Å². The number of rotatable bonds is 7. The second-order valence-corrected chi connectivity index (χ2v) is 12.0. The maximum absolute atomic E-state index is 16.4. The molecule has 2 aliphatic heterocycles.